The molecule has 2 atom stereocenters. The van der Waals surface area contributed by atoms with E-state index in [1.54, 1.807) is 25.5 Å². The van der Waals surface area contributed by atoms with Gasteiger partial charge in [-0.1, -0.05) is 11.6 Å². The first-order valence-corrected chi connectivity index (χ1v) is 17.1. The number of carbonyl (C=O) groups excluding carboxylic acids is 2. The molecule has 3 aliphatic heterocycles. The number of nitrogens with zero attached hydrogens (tertiary/aromatic N) is 6. The van der Waals surface area contributed by atoms with Gasteiger partial charge in [0.1, 0.15) is 17.2 Å². The molecule has 2 fully saturated rings. The molecule has 2 aromatic heterocycles. The Balaban J connectivity index is 1.44. The highest BCUT2D eigenvalue weighted by Gasteiger charge is 2.40. The Hall–Kier alpha value is -3.40. The summed E-state index contributed by atoms with van der Waals surface area (Å²) >= 11 is 6.45. The second-order valence-corrected chi connectivity index (χ2v) is 14.7. The molecule has 0 spiro atoms. The summed E-state index contributed by atoms with van der Waals surface area (Å²) < 4.78 is 53.9. The van der Waals surface area contributed by atoms with Gasteiger partial charge < -0.3 is 14.8 Å². The lowest BCUT2D eigenvalue weighted by molar-refractivity contribution is -0.0367. The Labute approximate surface area is 264 Å². The first kappa shape index (κ1) is 31.6. The van der Waals surface area contributed by atoms with E-state index in [1.807, 2.05) is 0 Å². The van der Waals surface area contributed by atoms with Crippen LogP contribution >= 0.6 is 11.6 Å². The van der Waals surface area contributed by atoms with E-state index in [0.29, 0.717) is 48.3 Å². The number of rotatable bonds is 4. The second-order valence-electron chi connectivity index (χ2n) is 12.5. The van der Waals surface area contributed by atoms with Crippen LogP contribution in [0.25, 0.3) is 10.9 Å². The maximum absolute atomic E-state index is 15.3. The van der Waals surface area contributed by atoms with Crippen molar-refractivity contribution in [2.24, 2.45) is 0 Å². The first-order chi connectivity index (χ1) is 21.2. The fourth-order valence-corrected chi connectivity index (χ4v) is 6.76. The van der Waals surface area contributed by atoms with Crippen LogP contribution in [0.2, 0.25) is 5.02 Å². The molecule has 16 heteroatoms. The van der Waals surface area contributed by atoms with Crippen LogP contribution in [0.3, 0.4) is 0 Å². The number of nitrogens with one attached hydrogen (secondary N) is 1. The fraction of sp³-hybridized carbons (Fsp3) is 0.552. The van der Waals surface area contributed by atoms with Gasteiger partial charge in [-0.2, -0.15) is 5.10 Å². The summed E-state index contributed by atoms with van der Waals surface area (Å²) in [4.78, 5) is 39.0. The first-order valence-electron chi connectivity index (χ1n) is 14.8. The molecule has 3 aliphatic rings. The maximum atomic E-state index is 15.3. The number of amides is 2. The van der Waals surface area contributed by atoms with Gasteiger partial charge in [-0.05, 0) is 46.5 Å². The average molecular weight is 664 g/mol. The van der Waals surface area contributed by atoms with Crippen LogP contribution in [0.15, 0.2) is 17.4 Å². The van der Waals surface area contributed by atoms with E-state index >= 15 is 4.39 Å². The van der Waals surface area contributed by atoms with Crippen LogP contribution in [0.4, 0.5) is 15.0 Å². The number of piperazine rings is 1. The van der Waals surface area contributed by atoms with Crippen LogP contribution in [0.5, 0.6) is 0 Å². The van der Waals surface area contributed by atoms with Crippen LogP contribution in [-0.4, -0.2) is 89.7 Å². The van der Waals surface area contributed by atoms with Gasteiger partial charge in [0.2, 0.25) is 15.0 Å². The summed E-state index contributed by atoms with van der Waals surface area (Å²) in [5, 5.41) is 7.11. The standard InChI is InChI=1S/C29H35ClFN7O6S/c1-29(2,3)44-28(40)36-11-9-32-15-20(36)24-16-8-10-37(25(16)35-27(34-24)45(4,41)42)26(39)22-17-14-33-38(21-7-5-6-12-43-21)19(17)13-18(31)23(22)30/h13-14,20-21,32H,5-12,15H2,1-4H3. The third-order valence-corrected chi connectivity index (χ3v) is 9.26. The van der Waals surface area contributed by atoms with Gasteiger partial charge in [0, 0.05) is 56.1 Å². The van der Waals surface area contributed by atoms with Gasteiger partial charge in [0.05, 0.1) is 34.0 Å². The zero-order valence-electron chi connectivity index (χ0n) is 25.5. The molecule has 1 N–H and O–H groups in total. The lowest BCUT2D eigenvalue weighted by atomic mass is 10.0. The minimum absolute atomic E-state index is 0.0663. The lowest BCUT2D eigenvalue weighted by Gasteiger charge is -2.37. The zero-order valence-corrected chi connectivity index (χ0v) is 27.0. The highest BCUT2D eigenvalue weighted by atomic mass is 35.5. The number of aromatic nitrogens is 4. The predicted octanol–water partition coefficient (Wildman–Crippen LogP) is 3.81. The van der Waals surface area contributed by atoms with Crippen molar-refractivity contribution in [3.05, 3.63) is 39.9 Å². The minimum atomic E-state index is -3.95. The Kier molecular flexibility index (Phi) is 8.25. The number of ether oxygens (including phenoxy) is 2. The molecule has 0 saturated carbocycles. The summed E-state index contributed by atoms with van der Waals surface area (Å²) in [6, 6.07) is 0.542. The molecule has 242 valence electrons. The molecule has 0 bridgehead atoms. The van der Waals surface area contributed by atoms with Crippen molar-refractivity contribution in [1.82, 2.24) is 30.0 Å². The predicted molar refractivity (Wildman–Crippen MR) is 163 cm³/mol. The van der Waals surface area contributed by atoms with Gasteiger partial charge in [0.15, 0.2) is 6.23 Å². The molecule has 2 saturated heterocycles. The molecule has 6 rings (SSSR count). The quantitative estimate of drug-likeness (QED) is 0.409. The number of halogens is 2. The third kappa shape index (κ3) is 5.98. The molecule has 45 heavy (non-hydrogen) atoms. The van der Waals surface area contributed by atoms with Gasteiger partial charge in [-0.15, -0.1) is 0 Å². The molecule has 13 nitrogen and oxygen atoms in total. The van der Waals surface area contributed by atoms with Crippen molar-refractivity contribution in [3.63, 3.8) is 0 Å². The molecular formula is C29H35ClFN7O6S. The summed E-state index contributed by atoms with van der Waals surface area (Å²) in [5.41, 5.74) is 0.290. The molecule has 5 heterocycles. The van der Waals surface area contributed by atoms with E-state index in [-0.39, 0.29) is 35.9 Å². The van der Waals surface area contributed by atoms with E-state index in [1.165, 1.54) is 22.1 Å². The van der Waals surface area contributed by atoms with Gasteiger partial charge in [0.25, 0.3) is 5.91 Å². The van der Waals surface area contributed by atoms with Crippen molar-refractivity contribution in [1.29, 1.82) is 0 Å². The number of hydrogen-bond acceptors (Lipinski definition) is 10. The number of sulfone groups is 1. The van der Waals surface area contributed by atoms with Crippen LogP contribution in [0, 0.1) is 5.82 Å². The van der Waals surface area contributed by atoms with E-state index in [2.05, 4.69) is 20.4 Å². The number of anilines is 1. The minimum Gasteiger partial charge on any atom is -0.444 e. The molecule has 1 aromatic carbocycles. The van der Waals surface area contributed by atoms with Gasteiger partial charge in [-0.25, -0.2) is 32.3 Å². The van der Waals surface area contributed by atoms with Crippen molar-refractivity contribution in [2.45, 2.75) is 69.5 Å². The largest absolute Gasteiger partial charge is 0.444 e. The maximum Gasteiger partial charge on any atom is 0.410 e. The number of fused-ring (bicyclic) bond motifs is 2. The van der Waals surface area contributed by atoms with Crippen LogP contribution < -0.4 is 10.2 Å². The normalized spacial score (nSPS) is 20.8. The molecule has 3 aromatic rings. The van der Waals surface area contributed by atoms with Crippen molar-refractivity contribution < 1.29 is 31.9 Å². The van der Waals surface area contributed by atoms with E-state index in [4.69, 9.17) is 21.1 Å². The molecule has 2 unspecified atom stereocenters. The molecule has 0 radical (unpaired) electrons. The molecule has 0 aliphatic carbocycles. The van der Waals surface area contributed by atoms with E-state index < -0.39 is 50.7 Å². The lowest BCUT2D eigenvalue weighted by Crippen LogP contribution is -2.50. The Morgan fingerprint density at radius 3 is 2.67 bits per heavy atom. The van der Waals surface area contributed by atoms with Gasteiger partial charge in [-0.3, -0.25) is 14.6 Å². The smallest absolute Gasteiger partial charge is 0.410 e. The monoisotopic (exact) mass is 663 g/mol. The average Bonchev–Trinajstić information content (AvgIpc) is 3.60. The zero-order chi connectivity index (χ0) is 32.3. The van der Waals surface area contributed by atoms with E-state index in [9.17, 15) is 18.0 Å². The summed E-state index contributed by atoms with van der Waals surface area (Å²) in [5.74, 6) is -1.40. The number of benzene rings is 1. The van der Waals surface area contributed by atoms with Crippen molar-refractivity contribution >= 4 is 50.2 Å². The Bertz CT molecular complexity index is 1790. The SMILES string of the molecule is CC(C)(C)OC(=O)N1CCNCC1c1nc(S(C)(=O)=O)nc2c1CCN2C(=O)c1c(Cl)c(F)cc2c1cnn2C1CCCCO1. The van der Waals surface area contributed by atoms with E-state index in [0.717, 1.165) is 19.1 Å². The topological polar surface area (TPSA) is 149 Å². The fourth-order valence-electron chi connectivity index (χ4n) is 6.01. The molecular weight excluding hydrogens is 629 g/mol. The van der Waals surface area contributed by atoms with Crippen molar-refractivity contribution in [3.8, 4) is 0 Å². The van der Waals surface area contributed by atoms with Crippen LogP contribution in [0.1, 0.15) is 73.9 Å². The number of carbonyl (C=O) groups is 2. The second kappa shape index (κ2) is 11.8. The van der Waals surface area contributed by atoms with Crippen LogP contribution in [-0.2, 0) is 25.7 Å². The summed E-state index contributed by atoms with van der Waals surface area (Å²) in [6.07, 6.45) is 4.25. The number of hydrogen-bond donors (Lipinski definition) is 1. The highest BCUT2D eigenvalue weighted by molar-refractivity contribution is 7.90. The molecule has 2 amide bonds. The Morgan fingerprint density at radius 2 is 1.98 bits per heavy atom. The van der Waals surface area contributed by atoms with Crippen molar-refractivity contribution in [2.75, 3.05) is 43.9 Å². The third-order valence-electron chi connectivity index (χ3n) is 8.04. The Morgan fingerprint density at radius 1 is 1.20 bits per heavy atom. The highest BCUT2D eigenvalue weighted by Crippen LogP contribution is 2.39. The van der Waals surface area contributed by atoms with Gasteiger partial charge >= 0.3 is 6.09 Å². The summed E-state index contributed by atoms with van der Waals surface area (Å²) in [6.45, 7) is 7.00. The summed E-state index contributed by atoms with van der Waals surface area (Å²) in [7, 11) is -3.95.